The van der Waals surface area contributed by atoms with Gasteiger partial charge in [-0.25, -0.2) is 27.7 Å². The molecule has 1 aliphatic rings. The van der Waals surface area contributed by atoms with E-state index in [1.54, 1.807) is 16.2 Å². The minimum atomic E-state index is -3.15. The lowest BCUT2D eigenvalue weighted by atomic mass is 10.1. The first-order valence-corrected chi connectivity index (χ1v) is 11.9. The third-order valence-electron chi connectivity index (χ3n) is 5.77. The van der Waals surface area contributed by atoms with E-state index in [9.17, 15) is 22.0 Å². The summed E-state index contributed by atoms with van der Waals surface area (Å²) in [6.45, 7) is 1.53. The smallest absolute Gasteiger partial charge is 0.293 e. The number of fused-ring (bicyclic) bond motifs is 1. The number of sulfone groups is 1. The standard InChI is InChI=1S/C21H22F2N4O4S/c1-32(30,31)16-4-5-26(12-16)9-14-11-27(10-13-2-3-15(22)6-18(13)23)20-8-24-19(7-17(14)20)21(28)25-29/h2-3,6-8,11,16,29H,4-5,9-10,12H2,1H3,(H,25,28). The molecule has 2 aromatic heterocycles. The van der Waals surface area contributed by atoms with Crippen molar-refractivity contribution in [2.75, 3.05) is 19.3 Å². The van der Waals surface area contributed by atoms with Crippen molar-refractivity contribution >= 4 is 26.6 Å². The Morgan fingerprint density at radius 2 is 2.03 bits per heavy atom. The number of likely N-dealkylation sites (tertiary alicyclic amines) is 1. The van der Waals surface area contributed by atoms with Crippen molar-refractivity contribution in [3.63, 3.8) is 0 Å². The lowest BCUT2D eigenvalue weighted by Crippen LogP contribution is -2.26. The third kappa shape index (κ3) is 4.50. The Kier molecular flexibility index (Phi) is 5.97. The second-order valence-electron chi connectivity index (χ2n) is 8.02. The van der Waals surface area contributed by atoms with Gasteiger partial charge in [0.15, 0.2) is 9.84 Å². The number of carbonyl (C=O) groups excluding carboxylic acids is 1. The quantitative estimate of drug-likeness (QED) is 0.428. The number of halogens is 2. The van der Waals surface area contributed by atoms with Crippen LogP contribution < -0.4 is 5.48 Å². The van der Waals surface area contributed by atoms with Crippen molar-refractivity contribution in [2.45, 2.75) is 24.8 Å². The van der Waals surface area contributed by atoms with Gasteiger partial charge < -0.3 is 4.57 Å². The molecule has 1 saturated heterocycles. The summed E-state index contributed by atoms with van der Waals surface area (Å²) in [6, 6.07) is 4.90. The highest BCUT2D eigenvalue weighted by molar-refractivity contribution is 7.91. The number of hydrogen-bond donors (Lipinski definition) is 2. The molecule has 1 unspecified atom stereocenters. The number of rotatable bonds is 6. The monoisotopic (exact) mass is 464 g/mol. The van der Waals surface area contributed by atoms with Gasteiger partial charge in [0.25, 0.3) is 5.91 Å². The Hall–Kier alpha value is -2.89. The number of carbonyl (C=O) groups is 1. The van der Waals surface area contributed by atoms with Gasteiger partial charge in [-0.1, -0.05) is 6.07 Å². The van der Waals surface area contributed by atoms with E-state index < -0.39 is 32.6 Å². The van der Waals surface area contributed by atoms with E-state index in [4.69, 9.17) is 5.21 Å². The average Bonchev–Trinajstić information content (AvgIpc) is 3.35. The first-order valence-electron chi connectivity index (χ1n) is 9.93. The van der Waals surface area contributed by atoms with Gasteiger partial charge in [-0.15, -0.1) is 0 Å². The topological polar surface area (TPSA) is 105 Å². The largest absolute Gasteiger partial charge is 0.341 e. The van der Waals surface area contributed by atoms with E-state index in [1.165, 1.54) is 30.7 Å². The van der Waals surface area contributed by atoms with E-state index in [0.29, 0.717) is 37.0 Å². The highest BCUT2D eigenvalue weighted by Crippen LogP contribution is 2.27. The molecule has 0 radical (unpaired) electrons. The second-order valence-corrected chi connectivity index (χ2v) is 10.3. The van der Waals surface area contributed by atoms with Gasteiger partial charge in [-0.3, -0.25) is 14.9 Å². The number of pyridine rings is 1. The fraction of sp³-hybridized carbons (Fsp3) is 0.333. The van der Waals surface area contributed by atoms with E-state index in [-0.39, 0.29) is 17.8 Å². The SMILES string of the molecule is CS(=O)(=O)C1CCN(Cc2cn(Cc3ccc(F)cc3F)c3cnc(C(=O)NO)cc23)C1. The van der Waals surface area contributed by atoms with Crippen LogP contribution in [0.25, 0.3) is 10.9 Å². The minimum Gasteiger partial charge on any atom is -0.341 e. The molecule has 3 heterocycles. The van der Waals surface area contributed by atoms with Gasteiger partial charge in [0, 0.05) is 42.6 Å². The average molecular weight is 464 g/mol. The van der Waals surface area contributed by atoms with Crippen LogP contribution in [0.5, 0.6) is 0 Å². The zero-order chi connectivity index (χ0) is 23.0. The van der Waals surface area contributed by atoms with Gasteiger partial charge in [0.1, 0.15) is 17.3 Å². The molecule has 11 heteroatoms. The van der Waals surface area contributed by atoms with Gasteiger partial charge in [-0.05, 0) is 30.7 Å². The molecular weight excluding hydrogens is 442 g/mol. The molecule has 4 rings (SSSR count). The Labute approximate surface area is 183 Å². The van der Waals surface area contributed by atoms with Crippen LogP contribution >= 0.6 is 0 Å². The highest BCUT2D eigenvalue weighted by atomic mass is 32.2. The molecule has 1 aromatic carbocycles. The Bertz CT molecular complexity index is 1290. The molecule has 32 heavy (non-hydrogen) atoms. The fourth-order valence-electron chi connectivity index (χ4n) is 4.06. The van der Waals surface area contributed by atoms with Crippen LogP contribution in [0.3, 0.4) is 0 Å². The van der Waals surface area contributed by atoms with E-state index in [2.05, 4.69) is 4.98 Å². The van der Waals surface area contributed by atoms with Gasteiger partial charge in [0.05, 0.1) is 23.5 Å². The number of aromatic nitrogens is 2. The van der Waals surface area contributed by atoms with Crippen LogP contribution in [-0.4, -0.2) is 58.6 Å². The molecule has 3 aromatic rings. The molecule has 0 spiro atoms. The maximum atomic E-state index is 14.2. The normalized spacial score (nSPS) is 17.2. The maximum absolute atomic E-state index is 14.2. The summed E-state index contributed by atoms with van der Waals surface area (Å²) in [5, 5.41) is 9.18. The predicted octanol–water partition coefficient (Wildman–Crippen LogP) is 2.10. The summed E-state index contributed by atoms with van der Waals surface area (Å²) in [6.07, 6.45) is 5.02. The van der Waals surface area contributed by atoms with Crippen molar-refractivity contribution in [3.05, 3.63) is 65.1 Å². The van der Waals surface area contributed by atoms with Crippen LogP contribution in [0.2, 0.25) is 0 Å². The minimum absolute atomic E-state index is 0.00222. The van der Waals surface area contributed by atoms with Crippen molar-refractivity contribution in [2.24, 2.45) is 0 Å². The number of benzene rings is 1. The highest BCUT2D eigenvalue weighted by Gasteiger charge is 2.30. The predicted molar refractivity (Wildman–Crippen MR) is 113 cm³/mol. The zero-order valence-electron chi connectivity index (χ0n) is 17.3. The lowest BCUT2D eigenvalue weighted by Gasteiger charge is -2.15. The molecule has 2 N–H and O–H groups in total. The fourth-order valence-corrected chi connectivity index (χ4v) is 5.08. The summed E-state index contributed by atoms with van der Waals surface area (Å²) in [5.41, 5.74) is 3.25. The number of nitrogens with one attached hydrogen (secondary N) is 1. The van der Waals surface area contributed by atoms with Crippen LogP contribution in [0.1, 0.15) is 28.0 Å². The molecule has 0 saturated carbocycles. The molecule has 8 nitrogen and oxygen atoms in total. The van der Waals surface area contributed by atoms with Crippen LogP contribution in [0, 0.1) is 11.6 Å². The molecule has 0 aliphatic carbocycles. The Morgan fingerprint density at radius 3 is 2.69 bits per heavy atom. The summed E-state index contributed by atoms with van der Waals surface area (Å²) in [7, 11) is -3.15. The first kappa shape index (κ1) is 22.3. The van der Waals surface area contributed by atoms with E-state index in [0.717, 1.165) is 11.6 Å². The van der Waals surface area contributed by atoms with Gasteiger partial charge >= 0.3 is 0 Å². The van der Waals surface area contributed by atoms with E-state index >= 15 is 0 Å². The maximum Gasteiger partial charge on any atom is 0.293 e. The van der Waals surface area contributed by atoms with Crippen LogP contribution in [0.4, 0.5) is 8.78 Å². The second kappa shape index (κ2) is 8.57. The number of hydrogen-bond acceptors (Lipinski definition) is 6. The molecule has 1 atom stereocenters. The summed E-state index contributed by atoms with van der Waals surface area (Å²) in [5.74, 6) is -2.11. The summed E-state index contributed by atoms with van der Waals surface area (Å²) < 4.78 is 53.0. The van der Waals surface area contributed by atoms with Gasteiger partial charge in [-0.2, -0.15) is 0 Å². The number of amides is 1. The molecule has 1 aliphatic heterocycles. The van der Waals surface area contributed by atoms with Crippen molar-refractivity contribution in [3.8, 4) is 0 Å². The zero-order valence-corrected chi connectivity index (χ0v) is 18.1. The lowest BCUT2D eigenvalue weighted by molar-refractivity contribution is 0.0701. The number of nitrogens with zero attached hydrogens (tertiary/aromatic N) is 3. The first-order chi connectivity index (χ1) is 15.2. The van der Waals surface area contributed by atoms with Gasteiger partial charge in [0.2, 0.25) is 0 Å². The Morgan fingerprint density at radius 1 is 1.25 bits per heavy atom. The van der Waals surface area contributed by atoms with Crippen molar-refractivity contribution < 1.29 is 27.2 Å². The van der Waals surface area contributed by atoms with Crippen LogP contribution in [-0.2, 0) is 22.9 Å². The Balaban J connectivity index is 1.71. The molecule has 0 bridgehead atoms. The summed E-state index contributed by atoms with van der Waals surface area (Å²) in [4.78, 5) is 17.9. The van der Waals surface area contributed by atoms with E-state index in [1.807, 2.05) is 4.90 Å². The summed E-state index contributed by atoms with van der Waals surface area (Å²) >= 11 is 0. The number of hydroxylamine groups is 1. The van der Waals surface area contributed by atoms with Crippen molar-refractivity contribution in [1.29, 1.82) is 0 Å². The molecule has 1 amide bonds. The molecule has 1 fully saturated rings. The van der Waals surface area contributed by atoms with Crippen LogP contribution in [0.15, 0.2) is 36.7 Å². The molecule has 170 valence electrons. The van der Waals surface area contributed by atoms with Crippen molar-refractivity contribution in [1.82, 2.24) is 19.9 Å². The third-order valence-corrected chi connectivity index (χ3v) is 7.36. The molecular formula is C21H22F2N4O4S.